The highest BCUT2D eigenvalue weighted by Crippen LogP contribution is 2.44. The van der Waals surface area contributed by atoms with Gasteiger partial charge in [-0.2, -0.15) is 0 Å². The number of amides is 1. The highest BCUT2D eigenvalue weighted by Gasteiger charge is 2.47. The lowest BCUT2D eigenvalue weighted by Gasteiger charge is -2.27. The smallest absolute Gasteiger partial charge is 0.309 e. The van der Waals surface area contributed by atoms with E-state index in [1.807, 2.05) is 19.1 Å². The van der Waals surface area contributed by atoms with Crippen molar-refractivity contribution in [3.05, 3.63) is 98.5 Å². The zero-order valence-corrected chi connectivity index (χ0v) is 21.8. The largest absolute Gasteiger partial charge is 0.507 e. The van der Waals surface area contributed by atoms with E-state index in [4.69, 9.17) is 32.7 Å². The summed E-state index contributed by atoms with van der Waals surface area (Å²) in [6, 6.07) is 15.9. The molecule has 9 heteroatoms. The highest BCUT2D eigenvalue weighted by atomic mass is 35.5. The second-order valence-corrected chi connectivity index (χ2v) is 9.23. The maximum atomic E-state index is 13.4. The van der Waals surface area contributed by atoms with Gasteiger partial charge in [0.2, 0.25) is 0 Å². The normalized spacial score (nSPS) is 16.7. The fraction of sp³-hybridized carbons (Fsp3) is 0.179. The SMILES string of the molecule is COC(=O)Cc1ccc(N2C(=O)C(=O)/C(=C(/O)c3cc(Cl)c(OC)c(Cl)c3)C2c2ccccc2C)cc1. The molecule has 0 spiro atoms. The minimum absolute atomic E-state index is 0.0653. The fourth-order valence-electron chi connectivity index (χ4n) is 4.35. The van der Waals surface area contributed by atoms with Crippen LogP contribution in [-0.4, -0.2) is 37.0 Å². The Morgan fingerprint density at radius 1 is 1.00 bits per heavy atom. The number of ether oxygens (including phenoxy) is 2. The van der Waals surface area contributed by atoms with E-state index in [2.05, 4.69) is 0 Å². The van der Waals surface area contributed by atoms with Crippen LogP contribution in [0, 0.1) is 6.92 Å². The van der Waals surface area contributed by atoms with Gasteiger partial charge in [0.25, 0.3) is 11.7 Å². The molecule has 1 heterocycles. The van der Waals surface area contributed by atoms with E-state index in [9.17, 15) is 19.5 Å². The number of hydrogen-bond acceptors (Lipinski definition) is 6. The summed E-state index contributed by atoms with van der Waals surface area (Å²) in [6.07, 6.45) is 0.0653. The number of esters is 1. The first-order chi connectivity index (χ1) is 17.7. The van der Waals surface area contributed by atoms with Crippen LogP contribution < -0.4 is 9.64 Å². The average molecular weight is 540 g/mol. The molecule has 4 rings (SSSR count). The van der Waals surface area contributed by atoms with Crippen LogP contribution in [0.25, 0.3) is 5.76 Å². The Kier molecular flexibility index (Phi) is 7.57. The Labute approximate surface area is 223 Å². The lowest BCUT2D eigenvalue weighted by Crippen LogP contribution is -2.29. The molecule has 1 aliphatic heterocycles. The van der Waals surface area contributed by atoms with E-state index in [1.165, 1.54) is 31.3 Å². The van der Waals surface area contributed by atoms with Crippen LogP contribution in [0.1, 0.15) is 28.3 Å². The summed E-state index contributed by atoms with van der Waals surface area (Å²) in [5.41, 5.74) is 2.65. The van der Waals surface area contributed by atoms with Crippen molar-refractivity contribution in [1.29, 1.82) is 0 Å². The van der Waals surface area contributed by atoms with Crippen LogP contribution >= 0.6 is 23.2 Å². The number of aliphatic hydroxyl groups excluding tert-OH is 1. The third kappa shape index (κ3) is 4.92. The molecule has 3 aromatic rings. The zero-order chi connectivity index (χ0) is 26.9. The van der Waals surface area contributed by atoms with Gasteiger partial charge in [0.1, 0.15) is 5.76 Å². The molecule has 1 amide bonds. The van der Waals surface area contributed by atoms with Gasteiger partial charge in [-0.3, -0.25) is 19.3 Å². The number of carbonyl (C=O) groups is 3. The van der Waals surface area contributed by atoms with Gasteiger partial charge in [-0.05, 0) is 47.9 Å². The molecule has 7 nitrogen and oxygen atoms in total. The van der Waals surface area contributed by atoms with Gasteiger partial charge in [0, 0.05) is 11.3 Å². The molecule has 1 unspecified atom stereocenters. The molecule has 1 atom stereocenters. The van der Waals surface area contributed by atoms with Gasteiger partial charge in [-0.1, -0.05) is 59.6 Å². The van der Waals surface area contributed by atoms with Gasteiger partial charge in [-0.15, -0.1) is 0 Å². The molecule has 0 saturated carbocycles. The summed E-state index contributed by atoms with van der Waals surface area (Å²) < 4.78 is 9.88. The Hall–Kier alpha value is -3.81. The number of hydrogen-bond donors (Lipinski definition) is 1. The van der Waals surface area contributed by atoms with Crippen LogP contribution in [0.2, 0.25) is 10.0 Å². The lowest BCUT2D eigenvalue weighted by atomic mass is 9.92. The van der Waals surface area contributed by atoms with Crippen molar-refractivity contribution in [1.82, 2.24) is 0 Å². The molecule has 1 aliphatic rings. The van der Waals surface area contributed by atoms with Crippen molar-refractivity contribution in [3.8, 4) is 5.75 Å². The van der Waals surface area contributed by atoms with Gasteiger partial charge >= 0.3 is 5.97 Å². The number of ketones is 1. The molecule has 37 heavy (non-hydrogen) atoms. The number of halogens is 2. The maximum Gasteiger partial charge on any atom is 0.309 e. The van der Waals surface area contributed by atoms with Crippen LogP contribution in [0.3, 0.4) is 0 Å². The molecule has 1 saturated heterocycles. The molecule has 0 bridgehead atoms. The summed E-state index contributed by atoms with van der Waals surface area (Å²) in [5.74, 6) is -2.25. The van der Waals surface area contributed by atoms with Crippen molar-refractivity contribution in [2.45, 2.75) is 19.4 Å². The maximum absolute atomic E-state index is 13.4. The fourth-order valence-corrected chi connectivity index (χ4v) is 4.99. The van der Waals surface area contributed by atoms with Crippen molar-refractivity contribution in [2.75, 3.05) is 19.1 Å². The quantitative estimate of drug-likeness (QED) is 0.188. The molecule has 0 aromatic heterocycles. The van der Waals surface area contributed by atoms with Gasteiger partial charge < -0.3 is 14.6 Å². The zero-order valence-electron chi connectivity index (χ0n) is 20.2. The molecule has 190 valence electrons. The predicted molar refractivity (Wildman–Crippen MR) is 141 cm³/mol. The number of methoxy groups -OCH3 is 2. The van der Waals surface area contributed by atoms with E-state index >= 15 is 0 Å². The molecule has 1 N–H and O–H groups in total. The van der Waals surface area contributed by atoms with Crippen LogP contribution in [0.4, 0.5) is 5.69 Å². The summed E-state index contributed by atoms with van der Waals surface area (Å²) in [5, 5.41) is 11.6. The van der Waals surface area contributed by atoms with E-state index < -0.39 is 29.5 Å². The monoisotopic (exact) mass is 539 g/mol. The third-order valence-electron chi connectivity index (χ3n) is 6.19. The predicted octanol–water partition coefficient (Wildman–Crippen LogP) is 5.65. The summed E-state index contributed by atoms with van der Waals surface area (Å²) in [6.45, 7) is 1.86. The molecule has 0 radical (unpaired) electrons. The van der Waals surface area contributed by atoms with Crippen molar-refractivity contribution < 1.29 is 29.0 Å². The second kappa shape index (κ2) is 10.7. The molecular weight excluding hydrogens is 517 g/mol. The first kappa shape index (κ1) is 26.3. The summed E-state index contributed by atoms with van der Waals surface area (Å²) in [7, 11) is 2.72. The Bertz CT molecular complexity index is 1410. The standard InChI is InChI=1S/C28H23Cl2NO6/c1-15-6-4-5-7-19(15)24-23(25(33)17-13-20(29)27(37-3)21(30)14-17)26(34)28(35)31(24)18-10-8-16(9-11-18)12-22(32)36-2/h4-11,13-14,24,33H,12H2,1-3H3/b25-23+. The molecule has 0 aliphatic carbocycles. The first-order valence-electron chi connectivity index (χ1n) is 11.2. The highest BCUT2D eigenvalue weighted by molar-refractivity contribution is 6.51. The minimum Gasteiger partial charge on any atom is -0.507 e. The number of aryl methyl sites for hydroxylation is 1. The Morgan fingerprint density at radius 2 is 1.62 bits per heavy atom. The number of benzene rings is 3. The molecule has 3 aromatic carbocycles. The van der Waals surface area contributed by atoms with Gasteiger partial charge in [0.15, 0.2) is 5.75 Å². The Balaban J connectivity index is 1.89. The summed E-state index contributed by atoms with van der Waals surface area (Å²) >= 11 is 12.6. The minimum atomic E-state index is -0.924. The van der Waals surface area contributed by atoms with E-state index in [0.29, 0.717) is 16.8 Å². The molecule has 1 fully saturated rings. The second-order valence-electron chi connectivity index (χ2n) is 8.42. The molecular formula is C28H23Cl2NO6. The lowest BCUT2D eigenvalue weighted by molar-refractivity contribution is -0.139. The van der Waals surface area contributed by atoms with Crippen LogP contribution in [0.15, 0.2) is 66.2 Å². The van der Waals surface area contributed by atoms with Gasteiger partial charge in [-0.25, -0.2) is 0 Å². The number of anilines is 1. The van der Waals surface area contributed by atoms with E-state index in [0.717, 1.165) is 5.56 Å². The van der Waals surface area contributed by atoms with Crippen LogP contribution in [-0.2, 0) is 25.5 Å². The number of nitrogens with zero attached hydrogens (tertiary/aromatic N) is 1. The van der Waals surface area contributed by atoms with Crippen molar-refractivity contribution >= 4 is 52.3 Å². The number of Topliss-reactive ketones (excluding diaryl/α,β-unsaturated/α-hetero) is 1. The van der Waals surface area contributed by atoms with E-state index in [-0.39, 0.29) is 33.4 Å². The van der Waals surface area contributed by atoms with E-state index in [1.54, 1.807) is 36.4 Å². The summed E-state index contributed by atoms with van der Waals surface area (Å²) in [4.78, 5) is 39.7. The number of rotatable bonds is 6. The number of aliphatic hydroxyl groups is 1. The van der Waals surface area contributed by atoms with Crippen LogP contribution in [0.5, 0.6) is 5.75 Å². The topological polar surface area (TPSA) is 93.1 Å². The number of carbonyl (C=O) groups excluding carboxylic acids is 3. The Morgan fingerprint density at radius 3 is 2.19 bits per heavy atom. The average Bonchev–Trinajstić information content (AvgIpc) is 3.14. The van der Waals surface area contributed by atoms with Crippen molar-refractivity contribution in [2.24, 2.45) is 0 Å². The van der Waals surface area contributed by atoms with Crippen molar-refractivity contribution in [3.63, 3.8) is 0 Å². The third-order valence-corrected chi connectivity index (χ3v) is 6.76. The van der Waals surface area contributed by atoms with Gasteiger partial charge in [0.05, 0.1) is 42.3 Å². The first-order valence-corrected chi connectivity index (χ1v) is 12.0.